The van der Waals surface area contributed by atoms with Crippen LogP contribution in [0.5, 0.6) is 0 Å². The minimum Gasteiger partial charge on any atom is -0.382 e. The Bertz CT molecular complexity index is 222. The molecule has 0 saturated heterocycles. The Balaban J connectivity index is 0. The standard InChI is InChI=1S/C11H23O8P.Na/c1-14-2-3-15-4-5-16-6-7-17-8-9-18-10-11-19-20(12)13;/h2-11H2,1H3;/p+1. The van der Waals surface area contributed by atoms with Crippen molar-refractivity contribution in [3.05, 3.63) is 0 Å². The third-order valence-electron chi connectivity index (χ3n) is 1.98. The fraction of sp³-hybridized carbons (Fsp3) is 1.00. The van der Waals surface area contributed by atoms with E-state index in [4.69, 9.17) is 28.6 Å². The molecule has 1 unspecified atom stereocenters. The fourth-order valence-corrected chi connectivity index (χ4v) is 1.31. The van der Waals surface area contributed by atoms with Crippen molar-refractivity contribution in [2.24, 2.45) is 0 Å². The largest absolute Gasteiger partial charge is 0.694 e. The van der Waals surface area contributed by atoms with Crippen molar-refractivity contribution in [2.75, 3.05) is 73.2 Å². The molecule has 0 aliphatic rings. The Morgan fingerprint density at radius 2 is 1.05 bits per heavy atom. The zero-order valence-corrected chi connectivity index (χ0v) is 15.7. The van der Waals surface area contributed by atoms with Gasteiger partial charge in [0, 0.05) is 41.2 Å². The topological polar surface area (TPSA) is 92.7 Å². The molecule has 21 heavy (non-hydrogen) atoms. The number of hydrogen-bond donors (Lipinski definition) is 1. The van der Waals surface area contributed by atoms with E-state index in [0.29, 0.717) is 52.9 Å². The van der Waals surface area contributed by atoms with E-state index in [9.17, 15) is 4.57 Å². The van der Waals surface area contributed by atoms with Gasteiger partial charge in [-0.2, -0.15) is 0 Å². The quantitative estimate of drug-likeness (QED) is 0.239. The van der Waals surface area contributed by atoms with Crippen molar-refractivity contribution in [3.8, 4) is 0 Å². The predicted octanol–water partition coefficient (Wildman–Crippen LogP) is -0.0153. The van der Waals surface area contributed by atoms with E-state index in [-0.39, 0.29) is 42.8 Å². The molecule has 0 amide bonds. The smallest absolute Gasteiger partial charge is 0.382 e. The average molecular weight is 338 g/mol. The summed E-state index contributed by atoms with van der Waals surface area (Å²) in [6.45, 7) is 4.43. The molecule has 0 heterocycles. The van der Waals surface area contributed by atoms with Crippen molar-refractivity contribution >= 4 is 37.8 Å². The summed E-state index contributed by atoms with van der Waals surface area (Å²) in [5, 5.41) is 0. The second kappa shape index (κ2) is 20.8. The Morgan fingerprint density at radius 3 is 1.38 bits per heavy atom. The van der Waals surface area contributed by atoms with Crippen LogP contribution in [0.1, 0.15) is 0 Å². The number of hydrogen-bond acceptors (Lipinski definition) is 7. The molecule has 0 aromatic rings. The van der Waals surface area contributed by atoms with Crippen molar-refractivity contribution in [3.63, 3.8) is 0 Å². The first kappa shape index (κ1) is 24.1. The molecule has 1 atom stereocenters. The molecular weight excluding hydrogens is 314 g/mol. The van der Waals surface area contributed by atoms with Crippen LogP contribution in [0.2, 0.25) is 0 Å². The van der Waals surface area contributed by atoms with Gasteiger partial charge in [0.25, 0.3) is 0 Å². The van der Waals surface area contributed by atoms with Crippen molar-refractivity contribution in [1.29, 1.82) is 0 Å². The Morgan fingerprint density at radius 1 is 0.714 bits per heavy atom. The summed E-state index contributed by atoms with van der Waals surface area (Å²) in [5.41, 5.74) is 0. The second-order valence-corrected chi connectivity index (χ2v) is 4.25. The molecule has 8 nitrogen and oxygen atoms in total. The Hall–Kier alpha value is 0.820. The molecule has 0 aliphatic heterocycles. The van der Waals surface area contributed by atoms with E-state index < -0.39 is 8.25 Å². The van der Waals surface area contributed by atoms with Crippen LogP contribution in [-0.4, -0.2) is 108 Å². The van der Waals surface area contributed by atoms with Gasteiger partial charge in [0.1, 0.15) is 6.61 Å². The van der Waals surface area contributed by atoms with E-state index >= 15 is 0 Å². The van der Waals surface area contributed by atoms with Crippen LogP contribution in [0.3, 0.4) is 0 Å². The molecule has 10 heteroatoms. The average Bonchev–Trinajstić information content (AvgIpc) is 2.43. The number of rotatable bonds is 16. The third kappa shape index (κ3) is 23.2. The number of methoxy groups -OCH3 is 1. The minimum absolute atomic E-state index is 0. The van der Waals surface area contributed by atoms with Crippen LogP contribution in [-0.2, 0) is 32.8 Å². The van der Waals surface area contributed by atoms with Gasteiger partial charge in [0.15, 0.2) is 0 Å². The van der Waals surface area contributed by atoms with Gasteiger partial charge < -0.3 is 23.7 Å². The molecule has 0 aliphatic carbocycles. The van der Waals surface area contributed by atoms with Crippen LogP contribution >= 0.6 is 8.25 Å². The van der Waals surface area contributed by atoms with E-state index in [1.165, 1.54) is 0 Å². The van der Waals surface area contributed by atoms with Crippen LogP contribution < -0.4 is 0 Å². The van der Waals surface area contributed by atoms with Gasteiger partial charge >= 0.3 is 8.25 Å². The van der Waals surface area contributed by atoms with Gasteiger partial charge in [-0.15, -0.1) is 9.42 Å². The molecule has 0 fully saturated rings. The predicted molar refractivity (Wildman–Crippen MR) is 76.7 cm³/mol. The zero-order chi connectivity index (χ0) is 14.9. The molecular formula is C11H24NaO8P+. The van der Waals surface area contributed by atoms with Gasteiger partial charge in [-0.3, -0.25) is 0 Å². The normalized spacial score (nSPS) is 11.2. The van der Waals surface area contributed by atoms with Crippen LogP contribution in [0.15, 0.2) is 0 Å². The SMILES string of the molecule is COCCOCCOCCOCCOCCO[P+](=O)O.[Na]. The summed E-state index contributed by atoms with van der Waals surface area (Å²) in [4.78, 5) is 8.33. The molecule has 1 radical (unpaired) electrons. The third-order valence-corrected chi connectivity index (χ3v) is 2.38. The Labute approximate surface area is 148 Å². The Kier molecular flexibility index (Phi) is 23.9. The van der Waals surface area contributed by atoms with Crippen molar-refractivity contribution in [2.45, 2.75) is 0 Å². The van der Waals surface area contributed by atoms with Crippen molar-refractivity contribution < 1.29 is 37.7 Å². The van der Waals surface area contributed by atoms with Crippen LogP contribution in [0, 0.1) is 0 Å². The maximum Gasteiger partial charge on any atom is 0.694 e. The molecule has 0 saturated carbocycles. The van der Waals surface area contributed by atoms with Gasteiger partial charge in [0.2, 0.25) is 0 Å². The van der Waals surface area contributed by atoms with E-state index in [1.807, 2.05) is 0 Å². The maximum absolute atomic E-state index is 10.1. The summed E-state index contributed by atoms with van der Waals surface area (Å²) in [6, 6.07) is 0. The van der Waals surface area contributed by atoms with Gasteiger partial charge in [0.05, 0.1) is 59.5 Å². The maximum atomic E-state index is 10.1. The number of ether oxygens (including phenoxy) is 5. The van der Waals surface area contributed by atoms with Crippen LogP contribution in [0.4, 0.5) is 0 Å². The summed E-state index contributed by atoms with van der Waals surface area (Å²) in [7, 11) is -0.910. The molecule has 1 N–H and O–H groups in total. The first-order valence-electron chi connectivity index (χ1n) is 6.36. The summed E-state index contributed by atoms with van der Waals surface area (Å²) in [6.07, 6.45) is 0. The van der Waals surface area contributed by atoms with Gasteiger partial charge in [-0.25, -0.2) is 0 Å². The summed E-state index contributed by atoms with van der Waals surface area (Å²) < 4.78 is 40.2. The molecule has 0 aromatic heterocycles. The first-order valence-corrected chi connectivity index (χ1v) is 7.49. The fourth-order valence-electron chi connectivity index (χ4n) is 1.08. The molecule has 0 aromatic carbocycles. The molecule has 0 bridgehead atoms. The molecule has 0 rings (SSSR count). The summed E-state index contributed by atoms with van der Waals surface area (Å²) >= 11 is 0. The second-order valence-electron chi connectivity index (χ2n) is 3.51. The molecule has 121 valence electrons. The summed E-state index contributed by atoms with van der Waals surface area (Å²) in [5.74, 6) is 0. The van der Waals surface area contributed by atoms with Gasteiger partial charge in [-0.1, -0.05) is 0 Å². The minimum atomic E-state index is -2.54. The van der Waals surface area contributed by atoms with Crippen molar-refractivity contribution in [1.82, 2.24) is 0 Å². The van der Waals surface area contributed by atoms with Gasteiger partial charge in [-0.05, 0) is 0 Å². The van der Waals surface area contributed by atoms with Crippen LogP contribution in [0.25, 0.3) is 0 Å². The van der Waals surface area contributed by atoms with E-state index in [0.717, 1.165) is 0 Å². The first-order chi connectivity index (χ1) is 9.77. The monoisotopic (exact) mass is 338 g/mol. The zero-order valence-electron chi connectivity index (χ0n) is 12.8. The van der Waals surface area contributed by atoms with E-state index in [1.54, 1.807) is 7.11 Å². The molecule has 0 spiro atoms. The van der Waals surface area contributed by atoms with E-state index in [2.05, 4.69) is 4.52 Å².